The van der Waals surface area contributed by atoms with Crippen molar-refractivity contribution in [3.8, 4) is 0 Å². The standard InChI is InChI=1S/C41H70NO11P/c1-3-5-7-8-9-10-11-12-13-14-15-20-24-30-41(47)53-37(35-52-54(48,49)51-33-32-42)34-50-40(46)31-25-29-39(45)38(44)28-23-19-17-16-18-22-27-36(43)26-21-6-4-2/h6,10-11,16-19,21-23,27-28,36-39,43-45H,3-5,7-9,12-15,20,24-26,29-35,42H2,1-2H3,(H,48,49)/b11-10-,18-16+,19-17-,21-6-,27-22+,28-23-/t36-,37-,38+,39+/m1/s1. The van der Waals surface area contributed by atoms with Crippen molar-refractivity contribution < 1.29 is 52.9 Å². The minimum atomic E-state index is -4.46. The topological polar surface area (TPSA) is 195 Å². The summed E-state index contributed by atoms with van der Waals surface area (Å²) in [6.45, 7) is 3.08. The first-order chi connectivity index (χ1) is 26.0. The van der Waals surface area contributed by atoms with Crippen LogP contribution >= 0.6 is 7.82 Å². The predicted octanol–water partition coefficient (Wildman–Crippen LogP) is 7.63. The smallest absolute Gasteiger partial charge is 0.462 e. The lowest BCUT2D eigenvalue weighted by Gasteiger charge is -2.20. The summed E-state index contributed by atoms with van der Waals surface area (Å²) >= 11 is 0. The number of rotatable bonds is 35. The van der Waals surface area contributed by atoms with Crippen molar-refractivity contribution in [2.45, 2.75) is 147 Å². The van der Waals surface area contributed by atoms with Crippen LogP contribution in [0.4, 0.5) is 0 Å². The fourth-order valence-electron chi connectivity index (χ4n) is 4.85. The van der Waals surface area contributed by atoms with Crippen LogP contribution in [0.5, 0.6) is 0 Å². The molecule has 0 aromatic heterocycles. The number of carbonyl (C=O) groups excluding carboxylic acids is 2. The molecule has 12 nitrogen and oxygen atoms in total. The molecule has 0 rings (SSSR count). The summed E-state index contributed by atoms with van der Waals surface area (Å²) in [6, 6.07) is 0. The van der Waals surface area contributed by atoms with Gasteiger partial charge in [-0.1, -0.05) is 125 Å². The Morgan fingerprint density at radius 2 is 1.31 bits per heavy atom. The average molecular weight is 784 g/mol. The van der Waals surface area contributed by atoms with Gasteiger partial charge >= 0.3 is 19.8 Å². The predicted molar refractivity (Wildman–Crippen MR) is 214 cm³/mol. The van der Waals surface area contributed by atoms with Crippen LogP contribution in [0.15, 0.2) is 72.9 Å². The van der Waals surface area contributed by atoms with Crippen LogP contribution in [-0.2, 0) is 32.7 Å². The van der Waals surface area contributed by atoms with Gasteiger partial charge in [0.25, 0.3) is 0 Å². The van der Waals surface area contributed by atoms with Gasteiger partial charge in [-0.2, -0.15) is 0 Å². The van der Waals surface area contributed by atoms with E-state index in [0.717, 1.165) is 44.9 Å². The Bertz CT molecular complexity index is 1170. The third kappa shape index (κ3) is 33.9. The zero-order chi connectivity index (χ0) is 40.1. The van der Waals surface area contributed by atoms with Gasteiger partial charge in [-0.15, -0.1) is 0 Å². The number of aliphatic hydroxyl groups is 3. The average Bonchev–Trinajstić information content (AvgIpc) is 3.14. The quantitative estimate of drug-likeness (QED) is 0.0139. The molecule has 0 aliphatic carbocycles. The number of nitrogens with two attached hydrogens (primary N) is 1. The van der Waals surface area contributed by atoms with Crippen molar-refractivity contribution in [2.75, 3.05) is 26.4 Å². The molecule has 54 heavy (non-hydrogen) atoms. The van der Waals surface area contributed by atoms with Gasteiger partial charge in [-0.05, 0) is 57.8 Å². The largest absolute Gasteiger partial charge is 0.472 e. The summed E-state index contributed by atoms with van der Waals surface area (Å²) in [5.74, 6) is -1.18. The molecule has 0 bridgehead atoms. The van der Waals surface area contributed by atoms with Crippen LogP contribution in [0.25, 0.3) is 0 Å². The molecule has 0 spiro atoms. The maximum atomic E-state index is 12.5. The van der Waals surface area contributed by atoms with Gasteiger partial charge in [0.1, 0.15) is 6.61 Å². The molecule has 5 atom stereocenters. The Kier molecular flexibility index (Phi) is 34.2. The Balaban J connectivity index is 4.58. The molecule has 0 amide bonds. The number of unbranched alkanes of at least 4 members (excludes halogenated alkanes) is 9. The lowest BCUT2D eigenvalue weighted by molar-refractivity contribution is -0.161. The number of aliphatic hydroxyl groups excluding tert-OH is 3. The molecule has 0 aliphatic rings. The van der Waals surface area contributed by atoms with Crippen LogP contribution in [0.3, 0.4) is 0 Å². The molecule has 0 heterocycles. The van der Waals surface area contributed by atoms with E-state index in [0.29, 0.717) is 12.8 Å². The van der Waals surface area contributed by atoms with Gasteiger partial charge in [0.05, 0.1) is 31.5 Å². The summed E-state index contributed by atoms with van der Waals surface area (Å²) in [5.41, 5.74) is 5.31. The summed E-state index contributed by atoms with van der Waals surface area (Å²) in [4.78, 5) is 34.8. The molecule has 0 aromatic rings. The molecule has 1 unspecified atom stereocenters. The van der Waals surface area contributed by atoms with E-state index in [2.05, 4.69) is 19.1 Å². The van der Waals surface area contributed by atoms with E-state index in [1.54, 1.807) is 42.5 Å². The molecule has 0 saturated carbocycles. The minimum Gasteiger partial charge on any atom is -0.462 e. The lowest BCUT2D eigenvalue weighted by Crippen LogP contribution is -2.30. The van der Waals surface area contributed by atoms with Crippen molar-refractivity contribution in [3.05, 3.63) is 72.9 Å². The summed E-state index contributed by atoms with van der Waals surface area (Å²) in [6.07, 6.45) is 31.7. The molecular weight excluding hydrogens is 713 g/mol. The van der Waals surface area contributed by atoms with Crippen LogP contribution in [-0.4, -0.2) is 82.9 Å². The Labute approximate surface area is 324 Å². The number of ether oxygens (including phenoxy) is 2. The molecule has 6 N–H and O–H groups in total. The first-order valence-electron chi connectivity index (χ1n) is 19.7. The van der Waals surface area contributed by atoms with Crippen molar-refractivity contribution in [1.29, 1.82) is 0 Å². The number of carbonyl (C=O) groups is 2. The van der Waals surface area contributed by atoms with Crippen molar-refractivity contribution >= 4 is 19.8 Å². The van der Waals surface area contributed by atoms with Crippen LogP contribution in [0.1, 0.15) is 123 Å². The highest BCUT2D eigenvalue weighted by molar-refractivity contribution is 7.47. The normalized spacial score (nSPS) is 15.9. The van der Waals surface area contributed by atoms with Crippen LogP contribution in [0.2, 0.25) is 0 Å². The maximum Gasteiger partial charge on any atom is 0.472 e. The molecule has 310 valence electrons. The Hall–Kier alpha value is -2.67. The molecular formula is C41H70NO11P. The van der Waals surface area contributed by atoms with E-state index in [1.165, 1.54) is 31.8 Å². The summed E-state index contributed by atoms with van der Waals surface area (Å²) in [7, 11) is -4.46. The zero-order valence-corrected chi connectivity index (χ0v) is 33.7. The van der Waals surface area contributed by atoms with Gasteiger partial charge in [-0.3, -0.25) is 18.6 Å². The lowest BCUT2D eigenvalue weighted by atomic mass is 10.1. The fourth-order valence-corrected chi connectivity index (χ4v) is 5.62. The molecule has 0 aliphatic heterocycles. The van der Waals surface area contributed by atoms with Gasteiger partial charge in [-0.25, -0.2) is 4.57 Å². The van der Waals surface area contributed by atoms with Crippen LogP contribution < -0.4 is 5.73 Å². The minimum absolute atomic E-state index is 0.000571. The third-order valence-electron chi connectivity index (χ3n) is 7.92. The van der Waals surface area contributed by atoms with E-state index in [-0.39, 0.29) is 38.8 Å². The van der Waals surface area contributed by atoms with E-state index < -0.39 is 57.4 Å². The molecule has 0 aromatic carbocycles. The van der Waals surface area contributed by atoms with E-state index >= 15 is 0 Å². The molecule has 0 fully saturated rings. The maximum absolute atomic E-state index is 12.5. The second-order valence-electron chi connectivity index (χ2n) is 13.0. The molecule has 0 radical (unpaired) electrons. The summed E-state index contributed by atoms with van der Waals surface area (Å²) < 4.78 is 32.4. The van der Waals surface area contributed by atoms with Gasteiger partial charge in [0.2, 0.25) is 0 Å². The highest BCUT2D eigenvalue weighted by atomic mass is 31.2. The first kappa shape index (κ1) is 51.3. The van der Waals surface area contributed by atoms with Gasteiger partial charge < -0.3 is 35.4 Å². The monoisotopic (exact) mass is 783 g/mol. The van der Waals surface area contributed by atoms with Gasteiger partial charge in [0, 0.05) is 19.4 Å². The number of hydrogen-bond donors (Lipinski definition) is 5. The van der Waals surface area contributed by atoms with E-state index in [1.807, 2.05) is 19.1 Å². The highest BCUT2D eigenvalue weighted by Gasteiger charge is 2.26. The Morgan fingerprint density at radius 3 is 1.98 bits per heavy atom. The third-order valence-corrected chi connectivity index (χ3v) is 8.90. The Morgan fingerprint density at radius 1 is 0.704 bits per heavy atom. The van der Waals surface area contributed by atoms with Gasteiger partial charge in [0.15, 0.2) is 6.10 Å². The van der Waals surface area contributed by atoms with Crippen molar-refractivity contribution in [1.82, 2.24) is 0 Å². The zero-order valence-electron chi connectivity index (χ0n) is 32.8. The van der Waals surface area contributed by atoms with E-state index in [9.17, 15) is 34.4 Å². The summed E-state index contributed by atoms with van der Waals surface area (Å²) in [5, 5.41) is 30.3. The SMILES string of the molecule is CC/C=C\C[C@@H](O)/C=C/C=C/C=C\C=C/[C@H](O)[C@@H](O)CCCC(=O)OC[C@H](COP(=O)(O)OCCN)OC(=O)CCCCCCC/C=C\CCCCCC. The number of esters is 2. The van der Waals surface area contributed by atoms with Crippen LogP contribution in [0, 0.1) is 0 Å². The second-order valence-corrected chi connectivity index (χ2v) is 14.4. The highest BCUT2D eigenvalue weighted by Crippen LogP contribution is 2.43. The number of phosphoric ester groups is 1. The van der Waals surface area contributed by atoms with E-state index in [4.69, 9.17) is 24.3 Å². The number of phosphoric acid groups is 1. The molecule has 0 saturated heterocycles. The second kappa shape index (κ2) is 36.0. The first-order valence-corrected chi connectivity index (χ1v) is 21.2. The van der Waals surface area contributed by atoms with Crippen molar-refractivity contribution in [2.24, 2.45) is 5.73 Å². The van der Waals surface area contributed by atoms with Crippen molar-refractivity contribution in [3.63, 3.8) is 0 Å². The molecule has 13 heteroatoms. The number of allylic oxidation sites excluding steroid dienone is 9. The number of hydrogen-bond acceptors (Lipinski definition) is 11. The fraction of sp³-hybridized carbons (Fsp3) is 0.659.